The first-order valence-electron chi connectivity index (χ1n) is 9.01. The van der Waals surface area contributed by atoms with Gasteiger partial charge in [0.15, 0.2) is 0 Å². The number of methoxy groups -OCH3 is 1. The van der Waals surface area contributed by atoms with Crippen LogP contribution in [0, 0.1) is 23.0 Å². The average molecular weight is 382 g/mol. The summed E-state index contributed by atoms with van der Waals surface area (Å²) in [7, 11) is 1.32. The van der Waals surface area contributed by atoms with Gasteiger partial charge < -0.3 is 9.64 Å². The summed E-state index contributed by atoms with van der Waals surface area (Å²) in [5.41, 5.74) is 3.81. The number of carbonyl (C=O) groups excluding carboxylic acids is 2. The lowest BCUT2D eigenvalue weighted by Gasteiger charge is -2.28. The van der Waals surface area contributed by atoms with Crippen molar-refractivity contribution >= 4 is 17.6 Å². The smallest absolute Gasteiger partial charge is 0.328 e. The van der Waals surface area contributed by atoms with Crippen LogP contribution in [0.3, 0.4) is 0 Å². The van der Waals surface area contributed by atoms with E-state index in [9.17, 15) is 19.7 Å². The number of fused-ring (bicyclic) bond motifs is 1. The summed E-state index contributed by atoms with van der Waals surface area (Å²) in [4.78, 5) is 37.3. The number of carbonyl (C=O) groups is 2. The van der Waals surface area contributed by atoms with Gasteiger partial charge in [-0.1, -0.05) is 26.0 Å². The highest BCUT2D eigenvalue weighted by atomic mass is 16.6. The summed E-state index contributed by atoms with van der Waals surface area (Å²) in [6.45, 7) is 5.91. The molecule has 0 saturated carbocycles. The summed E-state index contributed by atoms with van der Waals surface area (Å²) < 4.78 is 4.88. The Morgan fingerprint density at radius 3 is 2.46 bits per heavy atom. The normalized spacial score (nSPS) is 14.2. The van der Waals surface area contributed by atoms with Gasteiger partial charge in [0.2, 0.25) is 0 Å². The SMILES string of the molecule is COC(=O)[C@H](C(C)C)N1Cc2ccc(-c3ccc([N+](=O)[O-])cc3C)cc2C1=O. The van der Waals surface area contributed by atoms with Crippen LogP contribution in [-0.4, -0.2) is 34.9 Å². The van der Waals surface area contributed by atoms with Crippen molar-refractivity contribution in [2.75, 3.05) is 7.11 Å². The molecule has 1 heterocycles. The third-order valence-electron chi connectivity index (χ3n) is 5.08. The second-order valence-electron chi connectivity index (χ2n) is 7.27. The van der Waals surface area contributed by atoms with Crippen LogP contribution in [0.2, 0.25) is 0 Å². The maximum atomic E-state index is 13.0. The number of nitro benzene ring substituents is 1. The highest BCUT2D eigenvalue weighted by Gasteiger charge is 2.38. The lowest BCUT2D eigenvalue weighted by atomic mass is 9.97. The third-order valence-corrected chi connectivity index (χ3v) is 5.08. The minimum atomic E-state index is -0.644. The number of nitrogens with zero attached hydrogens (tertiary/aromatic N) is 2. The lowest BCUT2D eigenvalue weighted by molar-refractivity contribution is -0.384. The second-order valence-corrected chi connectivity index (χ2v) is 7.27. The van der Waals surface area contributed by atoms with Crippen LogP contribution in [0.25, 0.3) is 11.1 Å². The summed E-state index contributed by atoms with van der Waals surface area (Å²) in [6, 6.07) is 9.58. The number of benzene rings is 2. The number of aryl methyl sites for hydroxylation is 1. The van der Waals surface area contributed by atoms with Crippen molar-refractivity contribution in [1.29, 1.82) is 0 Å². The van der Waals surface area contributed by atoms with Gasteiger partial charge in [-0.15, -0.1) is 0 Å². The van der Waals surface area contributed by atoms with Crippen molar-refractivity contribution in [1.82, 2.24) is 4.90 Å². The topological polar surface area (TPSA) is 89.8 Å². The van der Waals surface area contributed by atoms with E-state index >= 15 is 0 Å². The first kappa shape index (κ1) is 19.5. The van der Waals surface area contributed by atoms with Crippen molar-refractivity contribution in [3.8, 4) is 11.1 Å². The lowest BCUT2D eigenvalue weighted by Crippen LogP contribution is -2.45. The monoisotopic (exact) mass is 382 g/mol. The Kier molecular flexibility index (Phi) is 5.18. The van der Waals surface area contributed by atoms with Gasteiger partial charge >= 0.3 is 5.97 Å². The van der Waals surface area contributed by atoms with Gasteiger partial charge in [0, 0.05) is 24.2 Å². The van der Waals surface area contributed by atoms with Crippen molar-refractivity contribution < 1.29 is 19.2 Å². The highest BCUT2D eigenvalue weighted by molar-refractivity contribution is 6.01. The number of hydrogen-bond donors (Lipinski definition) is 0. The van der Waals surface area contributed by atoms with Crippen LogP contribution >= 0.6 is 0 Å². The molecule has 0 N–H and O–H groups in total. The largest absolute Gasteiger partial charge is 0.467 e. The van der Waals surface area contributed by atoms with Crippen LogP contribution < -0.4 is 0 Å². The predicted molar refractivity (Wildman–Crippen MR) is 104 cm³/mol. The van der Waals surface area contributed by atoms with Crippen LogP contribution in [0.4, 0.5) is 5.69 Å². The number of rotatable bonds is 5. The van der Waals surface area contributed by atoms with Crippen LogP contribution in [0.1, 0.15) is 35.3 Å². The Bertz CT molecular complexity index is 967. The number of esters is 1. The molecule has 3 rings (SSSR count). The van der Waals surface area contributed by atoms with Crippen LogP contribution in [-0.2, 0) is 16.1 Å². The van der Waals surface area contributed by atoms with Gasteiger partial charge in [0.1, 0.15) is 6.04 Å². The average Bonchev–Trinajstić information content (AvgIpc) is 2.97. The highest BCUT2D eigenvalue weighted by Crippen LogP contribution is 2.33. The molecule has 0 saturated heterocycles. The van der Waals surface area contributed by atoms with E-state index < -0.39 is 16.9 Å². The number of nitro groups is 1. The molecule has 1 aliphatic heterocycles. The molecule has 7 heteroatoms. The predicted octanol–water partition coefficient (Wildman–Crippen LogP) is 3.72. The van der Waals surface area contributed by atoms with E-state index in [-0.39, 0.29) is 17.5 Å². The first-order valence-corrected chi connectivity index (χ1v) is 9.01. The standard InChI is InChI=1S/C21H22N2O5/c1-12(2)19(21(25)28-4)22-11-15-6-5-14(10-18(15)20(22)24)17-8-7-16(23(26)27)9-13(17)3/h5-10,12,19H,11H2,1-4H3/t19-/m0/s1. The fourth-order valence-electron chi connectivity index (χ4n) is 3.68. The Morgan fingerprint density at radius 2 is 1.89 bits per heavy atom. The zero-order valence-electron chi connectivity index (χ0n) is 16.3. The summed E-state index contributed by atoms with van der Waals surface area (Å²) in [6.07, 6.45) is 0. The number of amides is 1. The van der Waals surface area contributed by atoms with Gasteiger partial charge in [-0.2, -0.15) is 0 Å². The van der Waals surface area contributed by atoms with Gasteiger partial charge in [0.05, 0.1) is 12.0 Å². The van der Waals surface area contributed by atoms with Gasteiger partial charge in [-0.3, -0.25) is 14.9 Å². The Hall–Kier alpha value is -3.22. The van der Waals surface area contributed by atoms with E-state index in [2.05, 4.69) is 0 Å². The molecule has 0 aliphatic carbocycles. The van der Waals surface area contributed by atoms with Crippen molar-refractivity contribution in [2.24, 2.45) is 5.92 Å². The molecular weight excluding hydrogens is 360 g/mol. The fourth-order valence-corrected chi connectivity index (χ4v) is 3.68. The third kappa shape index (κ3) is 3.35. The molecule has 0 fully saturated rings. The minimum Gasteiger partial charge on any atom is -0.467 e. The number of non-ortho nitro benzene ring substituents is 1. The molecule has 2 aromatic carbocycles. The number of hydrogen-bond acceptors (Lipinski definition) is 5. The van der Waals surface area contributed by atoms with E-state index in [0.717, 1.165) is 22.3 Å². The van der Waals surface area contributed by atoms with E-state index in [1.807, 2.05) is 26.0 Å². The number of ether oxygens (including phenoxy) is 1. The summed E-state index contributed by atoms with van der Waals surface area (Å²) in [5.74, 6) is -0.717. The van der Waals surface area contributed by atoms with Crippen LogP contribution in [0.15, 0.2) is 36.4 Å². The maximum Gasteiger partial charge on any atom is 0.328 e. The van der Waals surface area contributed by atoms with E-state index in [1.54, 1.807) is 24.0 Å². The molecular formula is C21H22N2O5. The zero-order valence-corrected chi connectivity index (χ0v) is 16.3. The molecule has 0 aromatic heterocycles. The Labute approximate surface area is 163 Å². The van der Waals surface area contributed by atoms with Crippen molar-refractivity contribution in [3.05, 3.63) is 63.2 Å². The molecule has 1 amide bonds. The summed E-state index contributed by atoms with van der Waals surface area (Å²) in [5, 5.41) is 10.9. The molecule has 1 aliphatic rings. The Balaban J connectivity index is 1.97. The van der Waals surface area contributed by atoms with Crippen molar-refractivity contribution in [2.45, 2.75) is 33.4 Å². The van der Waals surface area contributed by atoms with E-state index in [0.29, 0.717) is 12.1 Å². The molecule has 146 valence electrons. The van der Waals surface area contributed by atoms with E-state index in [1.165, 1.54) is 19.2 Å². The second kappa shape index (κ2) is 7.42. The Morgan fingerprint density at radius 1 is 1.18 bits per heavy atom. The van der Waals surface area contributed by atoms with Crippen LogP contribution in [0.5, 0.6) is 0 Å². The minimum absolute atomic E-state index is 0.0301. The van der Waals surface area contributed by atoms with E-state index in [4.69, 9.17) is 4.74 Å². The van der Waals surface area contributed by atoms with Gasteiger partial charge in [-0.25, -0.2) is 4.79 Å². The zero-order chi connectivity index (χ0) is 20.6. The molecule has 2 aromatic rings. The molecule has 28 heavy (non-hydrogen) atoms. The molecule has 0 unspecified atom stereocenters. The quantitative estimate of drug-likeness (QED) is 0.447. The fraction of sp³-hybridized carbons (Fsp3) is 0.333. The van der Waals surface area contributed by atoms with Gasteiger partial charge in [0.25, 0.3) is 11.6 Å². The molecule has 0 spiro atoms. The molecule has 7 nitrogen and oxygen atoms in total. The first-order chi connectivity index (χ1) is 13.2. The van der Waals surface area contributed by atoms with Gasteiger partial charge in [-0.05, 0) is 47.2 Å². The maximum absolute atomic E-state index is 13.0. The molecule has 0 radical (unpaired) electrons. The molecule has 1 atom stereocenters. The molecule has 0 bridgehead atoms. The van der Waals surface area contributed by atoms with Crippen molar-refractivity contribution in [3.63, 3.8) is 0 Å². The summed E-state index contributed by atoms with van der Waals surface area (Å²) >= 11 is 0.